The zero-order valence-electron chi connectivity index (χ0n) is 24.2. The third-order valence-electron chi connectivity index (χ3n) is 8.24. The summed E-state index contributed by atoms with van der Waals surface area (Å²) in [6.45, 7) is 3.45. The van der Waals surface area contributed by atoms with Crippen molar-refractivity contribution < 1.29 is 29.4 Å². The van der Waals surface area contributed by atoms with Crippen LogP contribution in [0, 0.1) is 11.8 Å². The molecule has 0 atom stereocenters. The molecule has 10 nitrogen and oxygen atoms in total. The van der Waals surface area contributed by atoms with E-state index < -0.39 is 11.9 Å². The number of aromatic carboxylic acids is 2. The predicted octanol–water partition coefficient (Wildman–Crippen LogP) is 5.13. The van der Waals surface area contributed by atoms with Gasteiger partial charge in [-0.3, -0.25) is 19.6 Å². The van der Waals surface area contributed by atoms with Gasteiger partial charge in [0.1, 0.15) is 0 Å². The second-order valence-corrected chi connectivity index (χ2v) is 11.1. The summed E-state index contributed by atoms with van der Waals surface area (Å²) in [6, 6.07) is 12.4. The molecule has 3 aromatic rings. The Bertz CT molecular complexity index is 1270. The van der Waals surface area contributed by atoms with Crippen LogP contribution in [0.5, 0.6) is 0 Å². The number of nitrogens with zero attached hydrogens (tertiary/aromatic N) is 4. The molecule has 5 rings (SSSR count). The normalized spacial score (nSPS) is 15.7. The van der Waals surface area contributed by atoms with Crippen LogP contribution >= 0.6 is 0 Å². The third kappa shape index (κ3) is 9.19. The highest BCUT2D eigenvalue weighted by Gasteiger charge is 2.26. The molecule has 0 spiro atoms. The molecule has 2 aliphatic heterocycles. The molecule has 2 fully saturated rings. The Morgan fingerprint density at radius 3 is 1.33 bits per heavy atom. The molecule has 2 aliphatic rings. The number of piperidine rings is 2. The van der Waals surface area contributed by atoms with Gasteiger partial charge in [-0.2, -0.15) is 0 Å². The monoisotopic (exact) mass is 586 g/mol. The van der Waals surface area contributed by atoms with Crippen LogP contribution < -0.4 is 0 Å². The summed E-state index contributed by atoms with van der Waals surface area (Å²) in [6.07, 6.45) is 14.9. The van der Waals surface area contributed by atoms with Crippen LogP contribution in [0.3, 0.4) is 0 Å². The molecule has 4 heterocycles. The first-order valence-electron chi connectivity index (χ1n) is 14.8. The van der Waals surface area contributed by atoms with E-state index in [4.69, 9.17) is 10.2 Å². The van der Waals surface area contributed by atoms with Crippen LogP contribution in [0.25, 0.3) is 0 Å². The Labute approximate surface area is 251 Å². The molecule has 0 bridgehead atoms. The maximum atomic E-state index is 12.6. The molecule has 2 aromatic heterocycles. The summed E-state index contributed by atoms with van der Waals surface area (Å²) in [5, 5.41) is 17.0. The zero-order chi connectivity index (χ0) is 30.6. The highest BCUT2D eigenvalue weighted by atomic mass is 16.4. The summed E-state index contributed by atoms with van der Waals surface area (Å²) in [7, 11) is 0. The first kappa shape index (κ1) is 31.3. The summed E-state index contributed by atoms with van der Waals surface area (Å²) in [5.41, 5.74) is 1.44. The minimum absolute atomic E-state index is 0.0186. The van der Waals surface area contributed by atoms with Gasteiger partial charge in [0.15, 0.2) is 0 Å². The Kier molecular flexibility index (Phi) is 11.4. The molecule has 0 radical (unpaired) electrons. The summed E-state index contributed by atoms with van der Waals surface area (Å²) < 4.78 is 0. The number of carbonyl (C=O) groups is 4. The van der Waals surface area contributed by atoms with Crippen LogP contribution in [0.2, 0.25) is 0 Å². The lowest BCUT2D eigenvalue weighted by Crippen LogP contribution is -2.39. The Morgan fingerprint density at radius 1 is 0.605 bits per heavy atom. The standard InChI is InChI=1S/C25H32N4O2.C8H6O4/c30-24(22-4-12-26-13-5-22)28-16-8-20(9-17-28)2-1-3-21-10-18-29(19-11-21)25(31)23-6-14-27-15-7-23;9-7(10)5-2-1-3-6(4-5)8(11)12/h4-7,12-15,20-21H,1-3,8-11,16-19H2;1-4H,(H,9,10)(H,11,12). The topological polar surface area (TPSA) is 141 Å². The van der Waals surface area contributed by atoms with E-state index in [2.05, 4.69) is 9.97 Å². The van der Waals surface area contributed by atoms with Crippen molar-refractivity contribution in [2.45, 2.75) is 44.9 Å². The fraction of sp³-hybridized carbons (Fsp3) is 0.394. The van der Waals surface area contributed by atoms with E-state index in [1.165, 1.54) is 37.5 Å². The van der Waals surface area contributed by atoms with Crippen molar-refractivity contribution in [1.82, 2.24) is 19.8 Å². The van der Waals surface area contributed by atoms with Gasteiger partial charge in [-0.15, -0.1) is 0 Å². The number of carboxylic acid groups (broad SMARTS) is 2. The van der Waals surface area contributed by atoms with Gasteiger partial charge < -0.3 is 20.0 Å². The van der Waals surface area contributed by atoms with E-state index >= 15 is 0 Å². The lowest BCUT2D eigenvalue weighted by molar-refractivity contribution is 0.0669. The second kappa shape index (κ2) is 15.6. The van der Waals surface area contributed by atoms with E-state index in [0.717, 1.165) is 80.9 Å². The second-order valence-electron chi connectivity index (χ2n) is 11.1. The number of pyridine rings is 2. The number of carbonyl (C=O) groups excluding carboxylic acids is 2. The average molecular weight is 587 g/mol. The summed E-state index contributed by atoms with van der Waals surface area (Å²) in [4.78, 5) is 57.8. The molecule has 2 saturated heterocycles. The largest absolute Gasteiger partial charge is 0.478 e. The molecule has 226 valence electrons. The Hall–Kier alpha value is -4.60. The van der Waals surface area contributed by atoms with E-state index in [-0.39, 0.29) is 22.9 Å². The van der Waals surface area contributed by atoms with E-state index in [1.54, 1.807) is 49.1 Å². The van der Waals surface area contributed by atoms with E-state index in [9.17, 15) is 19.2 Å². The molecule has 0 aliphatic carbocycles. The Morgan fingerprint density at radius 2 is 0.977 bits per heavy atom. The number of hydrogen-bond acceptors (Lipinski definition) is 6. The number of aromatic nitrogens is 2. The van der Waals surface area contributed by atoms with Gasteiger partial charge in [0, 0.05) is 62.1 Å². The zero-order valence-corrected chi connectivity index (χ0v) is 24.2. The van der Waals surface area contributed by atoms with Crippen LogP contribution in [-0.2, 0) is 0 Å². The van der Waals surface area contributed by atoms with Crippen molar-refractivity contribution in [2.75, 3.05) is 26.2 Å². The molecular weight excluding hydrogens is 548 g/mol. The van der Waals surface area contributed by atoms with Crippen molar-refractivity contribution in [3.63, 3.8) is 0 Å². The number of hydrogen-bond donors (Lipinski definition) is 2. The van der Waals surface area contributed by atoms with E-state index in [1.807, 2.05) is 9.80 Å². The van der Waals surface area contributed by atoms with Crippen molar-refractivity contribution in [1.29, 1.82) is 0 Å². The van der Waals surface area contributed by atoms with Gasteiger partial charge >= 0.3 is 11.9 Å². The van der Waals surface area contributed by atoms with Crippen molar-refractivity contribution >= 4 is 23.8 Å². The maximum absolute atomic E-state index is 12.6. The molecule has 43 heavy (non-hydrogen) atoms. The van der Waals surface area contributed by atoms with Crippen molar-refractivity contribution in [3.05, 3.63) is 95.6 Å². The predicted molar refractivity (Wildman–Crippen MR) is 160 cm³/mol. The number of likely N-dealkylation sites (tertiary alicyclic amines) is 2. The van der Waals surface area contributed by atoms with Gasteiger partial charge in [-0.25, -0.2) is 9.59 Å². The minimum atomic E-state index is -1.13. The average Bonchev–Trinajstić information content (AvgIpc) is 3.06. The van der Waals surface area contributed by atoms with E-state index in [0.29, 0.717) is 0 Å². The van der Waals surface area contributed by atoms with Gasteiger partial charge in [0.2, 0.25) is 0 Å². The molecule has 0 unspecified atom stereocenters. The van der Waals surface area contributed by atoms with Gasteiger partial charge in [-0.1, -0.05) is 25.3 Å². The quantitative estimate of drug-likeness (QED) is 0.370. The Balaban J connectivity index is 0.000000296. The lowest BCUT2D eigenvalue weighted by Gasteiger charge is -2.34. The van der Waals surface area contributed by atoms with Crippen molar-refractivity contribution in [3.8, 4) is 0 Å². The first-order valence-corrected chi connectivity index (χ1v) is 14.8. The highest BCUT2D eigenvalue weighted by Crippen LogP contribution is 2.28. The summed E-state index contributed by atoms with van der Waals surface area (Å²) in [5.74, 6) is -0.524. The lowest BCUT2D eigenvalue weighted by atomic mass is 9.86. The van der Waals surface area contributed by atoms with Gasteiger partial charge in [0.25, 0.3) is 11.8 Å². The number of amides is 2. The van der Waals surface area contributed by atoms with Crippen molar-refractivity contribution in [2.24, 2.45) is 11.8 Å². The molecule has 2 N–H and O–H groups in total. The van der Waals surface area contributed by atoms with Crippen LogP contribution in [0.1, 0.15) is 86.4 Å². The van der Waals surface area contributed by atoms with Gasteiger partial charge in [-0.05, 0) is 80.0 Å². The smallest absolute Gasteiger partial charge is 0.335 e. The highest BCUT2D eigenvalue weighted by molar-refractivity contribution is 5.95. The molecule has 0 saturated carbocycles. The fourth-order valence-electron chi connectivity index (χ4n) is 5.68. The molecule has 10 heteroatoms. The molecular formula is C33H38N4O6. The first-order chi connectivity index (χ1) is 20.8. The van der Waals surface area contributed by atoms with Gasteiger partial charge in [0.05, 0.1) is 11.1 Å². The SMILES string of the molecule is O=C(O)c1cccc(C(=O)O)c1.O=C(c1ccncc1)N1CCC(CCCC2CCN(C(=O)c3ccncc3)CC2)CC1. The summed E-state index contributed by atoms with van der Waals surface area (Å²) >= 11 is 0. The number of rotatable bonds is 8. The number of carboxylic acids is 2. The number of benzene rings is 1. The fourth-order valence-corrected chi connectivity index (χ4v) is 5.68. The molecule has 2 amide bonds. The van der Waals surface area contributed by atoms with Crippen LogP contribution in [-0.4, -0.2) is 79.9 Å². The maximum Gasteiger partial charge on any atom is 0.335 e. The molecule has 1 aromatic carbocycles. The van der Waals surface area contributed by atoms with Crippen LogP contribution in [0.4, 0.5) is 0 Å². The van der Waals surface area contributed by atoms with Crippen LogP contribution in [0.15, 0.2) is 73.3 Å². The third-order valence-corrected chi connectivity index (χ3v) is 8.24. The minimum Gasteiger partial charge on any atom is -0.478 e.